The van der Waals surface area contributed by atoms with Gasteiger partial charge < -0.3 is 10.6 Å². The molecule has 0 spiro atoms. The van der Waals surface area contributed by atoms with Gasteiger partial charge >= 0.3 is 0 Å². The molecule has 0 aliphatic carbocycles. The van der Waals surface area contributed by atoms with Gasteiger partial charge in [0.1, 0.15) is 5.84 Å². The lowest BCUT2D eigenvalue weighted by Crippen LogP contribution is -2.19. The molecule has 3 N–H and O–H groups in total. The fourth-order valence-corrected chi connectivity index (χ4v) is 2.75. The molecule has 0 unspecified atom stereocenters. The Morgan fingerprint density at radius 2 is 1.67 bits per heavy atom. The van der Waals surface area contributed by atoms with Crippen LogP contribution in [0.15, 0.2) is 36.4 Å². The molecule has 0 bridgehead atoms. The van der Waals surface area contributed by atoms with Crippen LogP contribution in [0.4, 0.5) is 5.69 Å². The lowest BCUT2D eigenvalue weighted by molar-refractivity contribution is 0.949. The summed E-state index contributed by atoms with van der Waals surface area (Å²) in [5.41, 5.74) is 7.75. The van der Waals surface area contributed by atoms with Crippen molar-refractivity contribution in [1.82, 2.24) is 0 Å². The van der Waals surface area contributed by atoms with Gasteiger partial charge in [-0.1, -0.05) is 24.3 Å². The van der Waals surface area contributed by atoms with E-state index in [0.29, 0.717) is 0 Å². The summed E-state index contributed by atoms with van der Waals surface area (Å²) in [6.07, 6.45) is 2.53. The molecule has 3 heteroatoms. The molecule has 92 valence electrons. The van der Waals surface area contributed by atoms with Crippen LogP contribution in [0.3, 0.4) is 0 Å². The molecule has 1 aliphatic rings. The van der Waals surface area contributed by atoms with Crippen LogP contribution >= 0.6 is 0 Å². The van der Waals surface area contributed by atoms with Crippen LogP contribution in [0.25, 0.3) is 10.8 Å². The fourth-order valence-electron chi connectivity index (χ4n) is 2.75. The maximum atomic E-state index is 7.66. The van der Waals surface area contributed by atoms with Gasteiger partial charge in [-0.05, 0) is 30.4 Å². The number of benzene rings is 2. The number of nitrogens with one attached hydrogen (secondary N) is 1. The highest BCUT2D eigenvalue weighted by atomic mass is 15.1. The maximum Gasteiger partial charge on any atom is 0.123 e. The van der Waals surface area contributed by atoms with Gasteiger partial charge in [-0.25, -0.2) is 0 Å². The van der Waals surface area contributed by atoms with E-state index in [9.17, 15) is 0 Å². The Bertz CT molecular complexity index is 598. The van der Waals surface area contributed by atoms with Crippen molar-refractivity contribution >= 4 is 22.3 Å². The minimum Gasteiger partial charge on any atom is -0.384 e. The van der Waals surface area contributed by atoms with E-state index < -0.39 is 0 Å². The van der Waals surface area contributed by atoms with E-state index in [1.807, 2.05) is 24.3 Å². The van der Waals surface area contributed by atoms with Crippen molar-refractivity contribution in [2.24, 2.45) is 5.73 Å². The van der Waals surface area contributed by atoms with Crippen LogP contribution in [0, 0.1) is 5.41 Å². The van der Waals surface area contributed by atoms with E-state index in [1.54, 1.807) is 0 Å². The van der Waals surface area contributed by atoms with Crippen LogP contribution in [0.2, 0.25) is 0 Å². The number of fused-ring (bicyclic) bond motifs is 1. The molecule has 0 saturated carbocycles. The van der Waals surface area contributed by atoms with Crippen LogP contribution in [-0.4, -0.2) is 18.9 Å². The van der Waals surface area contributed by atoms with E-state index in [2.05, 4.69) is 17.0 Å². The van der Waals surface area contributed by atoms with Crippen molar-refractivity contribution in [1.29, 1.82) is 5.41 Å². The SMILES string of the molecule is N=C(N)c1ccc(N2CCCC2)c2ccccc12. The maximum absolute atomic E-state index is 7.66. The van der Waals surface area contributed by atoms with Crippen LogP contribution in [-0.2, 0) is 0 Å². The van der Waals surface area contributed by atoms with E-state index >= 15 is 0 Å². The second kappa shape index (κ2) is 4.33. The predicted molar refractivity (Wildman–Crippen MR) is 76.4 cm³/mol. The van der Waals surface area contributed by atoms with Crippen LogP contribution in [0.1, 0.15) is 18.4 Å². The van der Waals surface area contributed by atoms with Crippen molar-refractivity contribution in [3.63, 3.8) is 0 Å². The molecular formula is C15H17N3. The second-order valence-corrected chi connectivity index (χ2v) is 4.79. The van der Waals surface area contributed by atoms with Crippen molar-refractivity contribution in [3.8, 4) is 0 Å². The average Bonchev–Trinajstić information content (AvgIpc) is 2.91. The minimum absolute atomic E-state index is 0.138. The van der Waals surface area contributed by atoms with Gasteiger partial charge in [-0.2, -0.15) is 0 Å². The molecule has 0 aromatic heterocycles. The first-order valence-electron chi connectivity index (χ1n) is 6.38. The van der Waals surface area contributed by atoms with Crippen LogP contribution < -0.4 is 10.6 Å². The minimum atomic E-state index is 0.138. The molecule has 1 fully saturated rings. The first kappa shape index (κ1) is 11.1. The van der Waals surface area contributed by atoms with Gasteiger partial charge in [-0.15, -0.1) is 0 Å². The van der Waals surface area contributed by atoms with E-state index in [-0.39, 0.29) is 5.84 Å². The first-order valence-corrected chi connectivity index (χ1v) is 6.38. The number of amidine groups is 1. The molecule has 2 aromatic carbocycles. The highest BCUT2D eigenvalue weighted by Gasteiger charge is 2.16. The highest BCUT2D eigenvalue weighted by molar-refractivity contribution is 6.10. The molecule has 1 aliphatic heterocycles. The lowest BCUT2D eigenvalue weighted by atomic mass is 10.0. The molecule has 1 saturated heterocycles. The summed E-state index contributed by atoms with van der Waals surface area (Å²) < 4.78 is 0. The van der Waals surface area contributed by atoms with E-state index in [4.69, 9.17) is 11.1 Å². The highest BCUT2D eigenvalue weighted by Crippen LogP contribution is 2.31. The second-order valence-electron chi connectivity index (χ2n) is 4.79. The number of nitrogen functional groups attached to an aromatic ring is 1. The Kier molecular flexibility index (Phi) is 2.67. The number of rotatable bonds is 2. The normalized spacial score (nSPS) is 15.2. The summed E-state index contributed by atoms with van der Waals surface area (Å²) in [6, 6.07) is 12.3. The zero-order valence-corrected chi connectivity index (χ0v) is 10.3. The molecule has 1 heterocycles. The lowest BCUT2D eigenvalue weighted by Gasteiger charge is -2.21. The van der Waals surface area contributed by atoms with Gasteiger partial charge in [-0.3, -0.25) is 5.41 Å². The Balaban J connectivity index is 2.22. The summed E-state index contributed by atoms with van der Waals surface area (Å²) >= 11 is 0. The van der Waals surface area contributed by atoms with Crippen molar-refractivity contribution in [3.05, 3.63) is 42.0 Å². The molecule has 2 aromatic rings. The molecular weight excluding hydrogens is 222 g/mol. The van der Waals surface area contributed by atoms with Gasteiger partial charge in [0.2, 0.25) is 0 Å². The molecule has 0 atom stereocenters. The summed E-state index contributed by atoms with van der Waals surface area (Å²) in [5.74, 6) is 0.138. The Morgan fingerprint density at radius 1 is 1.00 bits per heavy atom. The average molecular weight is 239 g/mol. The van der Waals surface area contributed by atoms with Gasteiger partial charge in [0.05, 0.1) is 0 Å². The van der Waals surface area contributed by atoms with Crippen molar-refractivity contribution in [2.45, 2.75) is 12.8 Å². The molecule has 3 nitrogen and oxygen atoms in total. The summed E-state index contributed by atoms with van der Waals surface area (Å²) in [6.45, 7) is 2.26. The summed E-state index contributed by atoms with van der Waals surface area (Å²) in [5, 5.41) is 9.94. The largest absolute Gasteiger partial charge is 0.384 e. The van der Waals surface area contributed by atoms with E-state index in [1.165, 1.54) is 23.9 Å². The predicted octanol–water partition coefficient (Wildman–Crippen LogP) is 2.72. The third-order valence-corrected chi connectivity index (χ3v) is 3.64. The zero-order valence-electron chi connectivity index (χ0n) is 10.3. The van der Waals surface area contributed by atoms with Gasteiger partial charge in [0.15, 0.2) is 0 Å². The third kappa shape index (κ3) is 1.72. The number of nitrogens with zero attached hydrogens (tertiary/aromatic N) is 1. The van der Waals surface area contributed by atoms with Crippen molar-refractivity contribution < 1.29 is 0 Å². The number of nitrogens with two attached hydrogens (primary N) is 1. The molecule has 3 rings (SSSR count). The molecule has 18 heavy (non-hydrogen) atoms. The number of hydrogen-bond acceptors (Lipinski definition) is 2. The quantitative estimate of drug-likeness (QED) is 0.625. The first-order chi connectivity index (χ1) is 8.77. The van der Waals surface area contributed by atoms with E-state index in [0.717, 1.165) is 24.0 Å². The topological polar surface area (TPSA) is 53.1 Å². The molecule has 0 amide bonds. The monoisotopic (exact) mass is 239 g/mol. The number of anilines is 1. The molecule has 0 radical (unpaired) electrons. The van der Waals surface area contributed by atoms with Gasteiger partial charge in [0.25, 0.3) is 0 Å². The fraction of sp³-hybridized carbons (Fsp3) is 0.267. The standard InChI is InChI=1S/C15H17N3/c16-15(17)13-7-8-14(18-9-3-4-10-18)12-6-2-1-5-11(12)13/h1-2,5-8H,3-4,9-10H2,(H3,16,17). The number of hydrogen-bond donors (Lipinski definition) is 2. The van der Waals surface area contributed by atoms with Gasteiger partial charge in [0, 0.05) is 29.7 Å². The van der Waals surface area contributed by atoms with Crippen LogP contribution in [0.5, 0.6) is 0 Å². The third-order valence-electron chi connectivity index (χ3n) is 3.64. The Morgan fingerprint density at radius 3 is 2.33 bits per heavy atom. The zero-order chi connectivity index (χ0) is 12.5. The van der Waals surface area contributed by atoms with Crippen molar-refractivity contribution in [2.75, 3.05) is 18.0 Å². The Hall–Kier alpha value is -2.03. The summed E-state index contributed by atoms with van der Waals surface area (Å²) in [4.78, 5) is 2.42. The smallest absolute Gasteiger partial charge is 0.123 e. The Labute approximate surface area is 107 Å². The summed E-state index contributed by atoms with van der Waals surface area (Å²) in [7, 11) is 0.